The van der Waals surface area contributed by atoms with E-state index in [0.717, 1.165) is 0 Å². The van der Waals surface area contributed by atoms with Crippen molar-refractivity contribution in [2.24, 2.45) is 0 Å². The second-order valence-corrected chi connectivity index (χ2v) is 1.52. The topological polar surface area (TPSA) is 38.9 Å². The van der Waals surface area contributed by atoms with Gasteiger partial charge in [0.05, 0.1) is 0 Å². The molecular formula is C3H3N2S-. The van der Waals surface area contributed by atoms with Crippen molar-refractivity contribution in [1.29, 1.82) is 0 Å². The van der Waals surface area contributed by atoms with Crippen LogP contribution in [0.1, 0.15) is 0 Å². The third kappa shape index (κ3) is 0.490. The molecule has 0 radical (unpaired) electrons. The highest BCUT2D eigenvalue weighted by Gasteiger charge is 1.62. The number of nitrogens with two attached hydrogens (primary N) is 1. The van der Waals surface area contributed by atoms with Crippen LogP contribution in [0.5, 0.6) is 0 Å². The van der Waals surface area contributed by atoms with Crippen LogP contribution in [0, 0.1) is 5.51 Å². The number of rotatable bonds is 0. The number of nitrogens with zero attached hydrogens (tertiary/aromatic N) is 1. The molecular weight excluding hydrogens is 96.1 g/mol. The third-order valence-electron chi connectivity index (χ3n) is 0.407. The van der Waals surface area contributed by atoms with E-state index in [1.165, 1.54) is 11.3 Å². The molecule has 6 heavy (non-hydrogen) atoms. The van der Waals surface area contributed by atoms with Gasteiger partial charge in [-0.1, -0.05) is 0 Å². The van der Waals surface area contributed by atoms with Crippen molar-refractivity contribution >= 4 is 17.2 Å². The number of thiazole rings is 1. The summed E-state index contributed by atoms with van der Waals surface area (Å²) in [6.45, 7) is 0. The van der Waals surface area contributed by atoms with Crippen LogP contribution >= 0.6 is 11.3 Å². The van der Waals surface area contributed by atoms with Crippen LogP contribution in [0.25, 0.3) is 0 Å². The van der Waals surface area contributed by atoms with E-state index in [1.807, 2.05) is 0 Å². The standard InChI is InChI=1S/C3H3N2S/c4-3-1-6-2-5-3/h1H,4H2/q-1. The van der Waals surface area contributed by atoms with Gasteiger partial charge in [-0.2, -0.15) is 0 Å². The fourth-order valence-corrected chi connectivity index (χ4v) is 0.576. The number of aromatic nitrogens is 1. The minimum Gasteiger partial charge on any atom is -0.444 e. The average Bonchev–Trinajstić information content (AvgIpc) is 1.86. The van der Waals surface area contributed by atoms with E-state index in [-0.39, 0.29) is 0 Å². The van der Waals surface area contributed by atoms with Gasteiger partial charge in [0.1, 0.15) is 0 Å². The zero-order chi connectivity index (χ0) is 4.41. The minimum absolute atomic E-state index is 0.556. The molecule has 0 aliphatic carbocycles. The Morgan fingerprint density at radius 3 is 3.00 bits per heavy atom. The molecule has 0 aliphatic rings. The molecule has 0 aliphatic heterocycles. The van der Waals surface area contributed by atoms with Crippen LogP contribution in [0.2, 0.25) is 0 Å². The largest absolute Gasteiger partial charge is 0.444 e. The lowest BCUT2D eigenvalue weighted by atomic mass is 10.9. The maximum atomic E-state index is 5.15. The lowest BCUT2D eigenvalue weighted by molar-refractivity contribution is 1.41. The first-order chi connectivity index (χ1) is 2.89. The Balaban J connectivity index is 3.05. The molecule has 0 saturated carbocycles. The Bertz CT molecular complexity index is 112. The highest BCUT2D eigenvalue weighted by molar-refractivity contribution is 7.07. The van der Waals surface area contributed by atoms with Crippen molar-refractivity contribution in [2.45, 2.75) is 0 Å². The fourth-order valence-electron chi connectivity index (χ4n) is 0.192. The molecule has 1 rings (SSSR count). The SMILES string of the molecule is Nc1cs[c-]n1. The highest BCUT2D eigenvalue weighted by atomic mass is 32.1. The molecule has 0 saturated heterocycles. The summed E-state index contributed by atoms with van der Waals surface area (Å²) >= 11 is 1.38. The molecule has 1 aromatic heterocycles. The molecule has 0 fully saturated rings. The van der Waals surface area contributed by atoms with E-state index in [2.05, 4.69) is 10.5 Å². The smallest absolute Gasteiger partial charge is 0.0196 e. The first kappa shape index (κ1) is 3.61. The maximum Gasteiger partial charge on any atom is -0.0196 e. The van der Waals surface area contributed by atoms with Crippen molar-refractivity contribution in [3.8, 4) is 0 Å². The second kappa shape index (κ2) is 1.26. The molecule has 1 aromatic rings. The molecule has 0 amide bonds. The van der Waals surface area contributed by atoms with Crippen molar-refractivity contribution < 1.29 is 0 Å². The third-order valence-corrected chi connectivity index (χ3v) is 0.963. The van der Waals surface area contributed by atoms with E-state index in [4.69, 9.17) is 5.73 Å². The monoisotopic (exact) mass is 99.0 g/mol. The Morgan fingerprint density at radius 1 is 2.00 bits per heavy atom. The van der Waals surface area contributed by atoms with Gasteiger partial charge in [-0.15, -0.1) is 5.38 Å². The summed E-state index contributed by atoms with van der Waals surface area (Å²) in [4.78, 5) is 3.59. The van der Waals surface area contributed by atoms with Crippen molar-refractivity contribution in [3.63, 3.8) is 0 Å². The van der Waals surface area contributed by atoms with E-state index >= 15 is 0 Å². The Morgan fingerprint density at radius 2 is 2.83 bits per heavy atom. The van der Waals surface area contributed by atoms with Gasteiger partial charge in [0.15, 0.2) is 0 Å². The van der Waals surface area contributed by atoms with Crippen molar-refractivity contribution in [3.05, 3.63) is 10.9 Å². The lowest BCUT2D eigenvalue weighted by Gasteiger charge is -1.80. The molecule has 2 N–H and O–H groups in total. The fraction of sp³-hybridized carbons (Fsp3) is 0. The zero-order valence-electron chi connectivity index (χ0n) is 3.01. The number of nitrogen functional groups attached to an aromatic ring is 1. The van der Waals surface area contributed by atoms with Gasteiger partial charge in [-0.05, 0) is 11.3 Å². The summed E-state index contributed by atoms with van der Waals surface area (Å²) in [5.41, 5.74) is 7.74. The van der Waals surface area contributed by atoms with Gasteiger partial charge in [0.25, 0.3) is 0 Å². The first-order valence-corrected chi connectivity index (χ1v) is 2.34. The zero-order valence-corrected chi connectivity index (χ0v) is 3.83. The number of anilines is 1. The van der Waals surface area contributed by atoms with E-state index in [1.54, 1.807) is 5.38 Å². The average molecular weight is 99.1 g/mol. The summed E-state index contributed by atoms with van der Waals surface area (Å²) in [5, 5.41) is 1.74. The molecule has 0 spiro atoms. The van der Waals surface area contributed by atoms with Crippen LogP contribution < -0.4 is 5.73 Å². The summed E-state index contributed by atoms with van der Waals surface area (Å²) in [5.74, 6) is 0.556. The van der Waals surface area contributed by atoms with E-state index in [9.17, 15) is 0 Å². The molecule has 3 heteroatoms. The number of hydrogen-bond donors (Lipinski definition) is 1. The van der Waals surface area contributed by atoms with Crippen LogP contribution in [0.4, 0.5) is 5.82 Å². The van der Waals surface area contributed by atoms with Gasteiger partial charge in [0, 0.05) is 0 Å². The molecule has 0 aromatic carbocycles. The molecule has 0 unspecified atom stereocenters. The summed E-state index contributed by atoms with van der Waals surface area (Å²) in [6.07, 6.45) is 0. The summed E-state index contributed by atoms with van der Waals surface area (Å²) in [6, 6.07) is 0. The van der Waals surface area contributed by atoms with Crippen LogP contribution in [-0.2, 0) is 0 Å². The van der Waals surface area contributed by atoms with E-state index in [0.29, 0.717) is 5.82 Å². The second-order valence-electron chi connectivity index (χ2n) is 0.864. The Hall–Kier alpha value is -0.570. The predicted molar refractivity (Wildman–Crippen MR) is 25.4 cm³/mol. The van der Waals surface area contributed by atoms with Crippen LogP contribution in [-0.4, -0.2) is 4.98 Å². The summed E-state index contributed by atoms with van der Waals surface area (Å²) < 4.78 is 0. The Kier molecular flexibility index (Phi) is 0.759. The molecule has 32 valence electrons. The molecule has 0 atom stereocenters. The van der Waals surface area contributed by atoms with Crippen molar-refractivity contribution in [1.82, 2.24) is 4.98 Å². The van der Waals surface area contributed by atoms with Gasteiger partial charge >= 0.3 is 0 Å². The number of hydrogen-bond acceptors (Lipinski definition) is 3. The van der Waals surface area contributed by atoms with Crippen molar-refractivity contribution in [2.75, 3.05) is 5.73 Å². The normalized spacial score (nSPS) is 8.67. The Labute approximate surface area is 39.6 Å². The molecule has 2 nitrogen and oxygen atoms in total. The highest BCUT2D eigenvalue weighted by Crippen LogP contribution is 1.98. The first-order valence-electron chi connectivity index (χ1n) is 1.46. The summed E-state index contributed by atoms with van der Waals surface area (Å²) in [7, 11) is 0. The van der Waals surface area contributed by atoms with Gasteiger partial charge < -0.3 is 10.7 Å². The van der Waals surface area contributed by atoms with Crippen LogP contribution in [0.3, 0.4) is 0 Å². The minimum atomic E-state index is 0.556. The van der Waals surface area contributed by atoms with E-state index < -0.39 is 0 Å². The molecule has 1 heterocycles. The van der Waals surface area contributed by atoms with Gasteiger partial charge in [-0.3, -0.25) is 11.3 Å². The molecule has 0 bridgehead atoms. The van der Waals surface area contributed by atoms with Gasteiger partial charge in [0.2, 0.25) is 0 Å². The maximum absolute atomic E-state index is 5.15. The van der Waals surface area contributed by atoms with Gasteiger partial charge in [-0.25, -0.2) is 0 Å². The lowest BCUT2D eigenvalue weighted by Crippen LogP contribution is -1.79. The quantitative estimate of drug-likeness (QED) is 0.482. The van der Waals surface area contributed by atoms with Crippen LogP contribution in [0.15, 0.2) is 5.38 Å². The predicted octanol–water partition coefficient (Wildman–Crippen LogP) is 0.525.